The Labute approximate surface area is 208 Å². The third-order valence-electron chi connectivity index (χ3n) is 6.51. The standard InChI is InChI=1S/C25H29N9O2/c1-15(34-8-10-36-11-9-34)16-4-6-17(7-5-16)30-25-22(23(26)35)31-21(24(27-2)32-25)18-12-28-13-19-20(18)29-14-33(19)3/h4-7,12-15H,8-11H2,1-3H3,(H2,26,35)(H2,27,30,32). The molecular formula is C25H29N9O2. The number of ether oxygens (including phenoxy) is 1. The van der Waals surface area contributed by atoms with Crippen molar-refractivity contribution >= 4 is 34.3 Å². The lowest BCUT2D eigenvalue weighted by atomic mass is 10.1. The van der Waals surface area contributed by atoms with Crippen molar-refractivity contribution in [3.05, 3.63) is 54.2 Å². The summed E-state index contributed by atoms with van der Waals surface area (Å²) >= 11 is 0. The molecule has 5 rings (SSSR count). The van der Waals surface area contributed by atoms with E-state index in [2.05, 4.69) is 54.5 Å². The average Bonchev–Trinajstić information content (AvgIpc) is 3.29. The van der Waals surface area contributed by atoms with Crippen LogP contribution in [0.3, 0.4) is 0 Å². The molecule has 4 aromatic rings. The Kier molecular flexibility index (Phi) is 6.49. The average molecular weight is 488 g/mol. The Morgan fingerprint density at radius 2 is 1.86 bits per heavy atom. The molecule has 1 aliphatic rings. The summed E-state index contributed by atoms with van der Waals surface area (Å²) in [5, 5.41) is 6.29. The molecule has 1 saturated heterocycles. The van der Waals surface area contributed by atoms with E-state index >= 15 is 0 Å². The second kappa shape index (κ2) is 9.88. The van der Waals surface area contributed by atoms with Crippen LogP contribution in [0.2, 0.25) is 0 Å². The highest BCUT2D eigenvalue weighted by Crippen LogP contribution is 2.32. The minimum atomic E-state index is -0.687. The summed E-state index contributed by atoms with van der Waals surface area (Å²) in [5.74, 6) is 0.0540. The summed E-state index contributed by atoms with van der Waals surface area (Å²) in [7, 11) is 3.63. The minimum Gasteiger partial charge on any atom is -0.379 e. The molecule has 11 nitrogen and oxygen atoms in total. The Bertz CT molecular complexity index is 1390. The molecule has 0 radical (unpaired) electrons. The number of hydrogen-bond donors (Lipinski definition) is 3. The maximum Gasteiger partial charge on any atom is 0.271 e. The third kappa shape index (κ3) is 4.45. The van der Waals surface area contributed by atoms with Crippen LogP contribution < -0.4 is 16.4 Å². The number of rotatable bonds is 7. The number of amides is 1. The number of imidazole rings is 1. The highest BCUT2D eigenvalue weighted by atomic mass is 16.5. The summed E-state index contributed by atoms with van der Waals surface area (Å²) in [5.41, 5.74) is 10.4. The van der Waals surface area contributed by atoms with Crippen molar-refractivity contribution in [3.63, 3.8) is 0 Å². The van der Waals surface area contributed by atoms with Gasteiger partial charge in [0.25, 0.3) is 5.91 Å². The molecule has 1 fully saturated rings. The molecule has 0 aliphatic carbocycles. The number of carbonyl (C=O) groups excluding carboxylic acids is 1. The Morgan fingerprint density at radius 3 is 2.56 bits per heavy atom. The van der Waals surface area contributed by atoms with Gasteiger partial charge in [0, 0.05) is 45.1 Å². The normalized spacial score (nSPS) is 15.1. The number of anilines is 3. The van der Waals surface area contributed by atoms with Crippen molar-refractivity contribution in [2.24, 2.45) is 12.8 Å². The number of morpholine rings is 1. The molecule has 186 valence electrons. The maximum atomic E-state index is 12.4. The molecule has 3 aromatic heterocycles. The molecular weight excluding hydrogens is 458 g/mol. The number of aromatic nitrogens is 5. The quantitative estimate of drug-likeness (QED) is 0.359. The van der Waals surface area contributed by atoms with E-state index in [4.69, 9.17) is 10.5 Å². The number of pyridine rings is 1. The number of nitrogens with zero attached hydrogens (tertiary/aromatic N) is 6. The molecule has 36 heavy (non-hydrogen) atoms. The van der Waals surface area contributed by atoms with Crippen LogP contribution >= 0.6 is 0 Å². The van der Waals surface area contributed by atoms with Gasteiger partial charge in [-0.1, -0.05) is 12.1 Å². The lowest BCUT2D eigenvalue weighted by Crippen LogP contribution is -2.37. The van der Waals surface area contributed by atoms with E-state index < -0.39 is 5.91 Å². The molecule has 1 amide bonds. The Morgan fingerprint density at radius 1 is 1.11 bits per heavy atom. The van der Waals surface area contributed by atoms with Gasteiger partial charge in [0.1, 0.15) is 11.2 Å². The number of aryl methyl sites for hydroxylation is 1. The fourth-order valence-electron chi connectivity index (χ4n) is 4.43. The number of carbonyl (C=O) groups is 1. The number of fused-ring (bicyclic) bond motifs is 1. The predicted octanol–water partition coefficient (Wildman–Crippen LogP) is 2.70. The molecule has 1 unspecified atom stereocenters. The first-order valence-corrected chi connectivity index (χ1v) is 11.8. The van der Waals surface area contributed by atoms with Crippen LogP contribution in [-0.4, -0.2) is 68.7 Å². The zero-order chi connectivity index (χ0) is 25.2. The van der Waals surface area contributed by atoms with E-state index in [1.807, 2.05) is 23.7 Å². The van der Waals surface area contributed by atoms with Crippen LogP contribution in [0.25, 0.3) is 22.3 Å². The summed E-state index contributed by atoms with van der Waals surface area (Å²) < 4.78 is 7.33. The van der Waals surface area contributed by atoms with Crippen molar-refractivity contribution in [1.82, 2.24) is 29.4 Å². The molecule has 4 N–H and O–H groups in total. The molecule has 0 spiro atoms. The van der Waals surface area contributed by atoms with Gasteiger partial charge in [-0.25, -0.2) is 15.0 Å². The van der Waals surface area contributed by atoms with Gasteiger partial charge in [-0.15, -0.1) is 0 Å². The molecule has 11 heteroatoms. The fourth-order valence-corrected chi connectivity index (χ4v) is 4.43. The second-order valence-corrected chi connectivity index (χ2v) is 8.71. The van der Waals surface area contributed by atoms with Crippen molar-refractivity contribution in [3.8, 4) is 11.3 Å². The SMILES string of the molecule is CNc1nc(Nc2ccc(C(C)N3CCOCC3)cc2)c(C(N)=O)nc1-c1cncc2c1ncn2C. The van der Waals surface area contributed by atoms with Gasteiger partial charge in [0.2, 0.25) is 0 Å². The first kappa shape index (κ1) is 23.6. The first-order valence-electron chi connectivity index (χ1n) is 11.8. The van der Waals surface area contributed by atoms with Gasteiger partial charge < -0.3 is 25.7 Å². The largest absolute Gasteiger partial charge is 0.379 e. The van der Waals surface area contributed by atoms with Gasteiger partial charge in [0.05, 0.1) is 36.8 Å². The van der Waals surface area contributed by atoms with Gasteiger partial charge in [-0.05, 0) is 24.6 Å². The second-order valence-electron chi connectivity index (χ2n) is 8.71. The minimum absolute atomic E-state index is 0.0303. The van der Waals surface area contributed by atoms with E-state index in [9.17, 15) is 4.79 Å². The monoisotopic (exact) mass is 487 g/mol. The van der Waals surface area contributed by atoms with Crippen molar-refractivity contribution in [2.75, 3.05) is 44.0 Å². The Balaban J connectivity index is 1.47. The molecule has 1 aromatic carbocycles. The number of nitrogens with two attached hydrogens (primary N) is 1. The van der Waals surface area contributed by atoms with E-state index in [0.29, 0.717) is 22.6 Å². The van der Waals surface area contributed by atoms with Crippen LogP contribution in [0.5, 0.6) is 0 Å². The smallest absolute Gasteiger partial charge is 0.271 e. The zero-order valence-electron chi connectivity index (χ0n) is 20.5. The third-order valence-corrected chi connectivity index (χ3v) is 6.51. The van der Waals surface area contributed by atoms with E-state index in [1.165, 1.54) is 5.56 Å². The highest BCUT2D eigenvalue weighted by Gasteiger charge is 2.22. The van der Waals surface area contributed by atoms with Crippen molar-refractivity contribution < 1.29 is 9.53 Å². The van der Waals surface area contributed by atoms with E-state index in [-0.39, 0.29) is 17.6 Å². The molecule has 4 heterocycles. The van der Waals surface area contributed by atoms with Gasteiger partial charge in [-0.3, -0.25) is 14.7 Å². The summed E-state index contributed by atoms with van der Waals surface area (Å²) in [6.07, 6.45) is 5.09. The van der Waals surface area contributed by atoms with Crippen LogP contribution in [-0.2, 0) is 11.8 Å². The number of nitrogens with one attached hydrogen (secondary N) is 2. The molecule has 0 saturated carbocycles. The lowest BCUT2D eigenvalue weighted by Gasteiger charge is -2.32. The maximum absolute atomic E-state index is 12.4. The molecule has 1 aliphatic heterocycles. The number of benzene rings is 1. The van der Waals surface area contributed by atoms with Crippen LogP contribution in [0.1, 0.15) is 29.0 Å². The topological polar surface area (TPSA) is 136 Å². The summed E-state index contributed by atoms with van der Waals surface area (Å²) in [6.45, 7) is 5.54. The molecule has 0 bridgehead atoms. The number of hydrogen-bond acceptors (Lipinski definition) is 9. The fraction of sp³-hybridized carbons (Fsp3) is 0.320. The van der Waals surface area contributed by atoms with Crippen LogP contribution in [0.4, 0.5) is 17.3 Å². The molecule has 1 atom stereocenters. The van der Waals surface area contributed by atoms with Crippen molar-refractivity contribution in [1.29, 1.82) is 0 Å². The van der Waals surface area contributed by atoms with Gasteiger partial charge in [0.15, 0.2) is 17.3 Å². The van der Waals surface area contributed by atoms with Gasteiger partial charge in [-0.2, -0.15) is 0 Å². The van der Waals surface area contributed by atoms with Crippen LogP contribution in [0.15, 0.2) is 43.0 Å². The lowest BCUT2D eigenvalue weighted by molar-refractivity contribution is 0.0198. The van der Waals surface area contributed by atoms with Crippen molar-refractivity contribution in [2.45, 2.75) is 13.0 Å². The highest BCUT2D eigenvalue weighted by molar-refractivity contribution is 5.99. The number of primary amides is 1. The zero-order valence-corrected chi connectivity index (χ0v) is 20.5. The van der Waals surface area contributed by atoms with Gasteiger partial charge >= 0.3 is 0 Å². The van der Waals surface area contributed by atoms with Crippen LogP contribution in [0, 0.1) is 0 Å². The predicted molar refractivity (Wildman–Crippen MR) is 138 cm³/mol. The first-order chi connectivity index (χ1) is 17.5. The van der Waals surface area contributed by atoms with E-state index in [0.717, 1.165) is 37.5 Å². The van der Waals surface area contributed by atoms with E-state index in [1.54, 1.807) is 25.8 Å². The summed E-state index contributed by atoms with van der Waals surface area (Å²) in [4.78, 5) is 32.9. The Hall–Kier alpha value is -4.09. The summed E-state index contributed by atoms with van der Waals surface area (Å²) in [6, 6.07) is 8.34.